The fourth-order valence-corrected chi connectivity index (χ4v) is 3.19. The summed E-state index contributed by atoms with van der Waals surface area (Å²) in [5.41, 5.74) is 2.49. The Morgan fingerprint density at radius 1 is 1.24 bits per heavy atom. The highest BCUT2D eigenvalue weighted by Crippen LogP contribution is 2.29. The standard InChI is InChI=1S/C16H17NO3S/c1-4-11-8-12(16(19)20)15(21-11)17-14(18)13-9(2)6-5-7-10(13)3/h5-8H,4H2,1-3H3,(H,17,18)(H,19,20). The predicted molar refractivity (Wildman–Crippen MR) is 84.5 cm³/mol. The minimum Gasteiger partial charge on any atom is -0.478 e. The molecule has 2 rings (SSSR count). The molecule has 0 saturated carbocycles. The number of hydrogen-bond acceptors (Lipinski definition) is 3. The van der Waals surface area contributed by atoms with E-state index in [1.807, 2.05) is 39.0 Å². The van der Waals surface area contributed by atoms with E-state index in [2.05, 4.69) is 5.32 Å². The molecule has 5 heteroatoms. The molecule has 2 N–H and O–H groups in total. The van der Waals surface area contributed by atoms with Crippen molar-refractivity contribution in [3.63, 3.8) is 0 Å². The first-order valence-electron chi connectivity index (χ1n) is 6.67. The van der Waals surface area contributed by atoms with Gasteiger partial charge in [0.25, 0.3) is 5.91 Å². The molecule has 21 heavy (non-hydrogen) atoms. The van der Waals surface area contributed by atoms with Crippen molar-refractivity contribution in [2.75, 3.05) is 5.32 Å². The van der Waals surface area contributed by atoms with Crippen molar-refractivity contribution in [2.24, 2.45) is 0 Å². The number of carbonyl (C=O) groups excluding carboxylic acids is 1. The summed E-state index contributed by atoms with van der Waals surface area (Å²) in [4.78, 5) is 24.6. The molecule has 0 spiro atoms. The van der Waals surface area contributed by atoms with Crippen molar-refractivity contribution in [2.45, 2.75) is 27.2 Å². The van der Waals surface area contributed by atoms with Gasteiger partial charge in [0.05, 0.1) is 5.56 Å². The lowest BCUT2D eigenvalue weighted by Gasteiger charge is -2.09. The Morgan fingerprint density at radius 2 is 1.86 bits per heavy atom. The van der Waals surface area contributed by atoms with Gasteiger partial charge in [-0.1, -0.05) is 25.1 Å². The monoisotopic (exact) mass is 303 g/mol. The Bertz CT molecular complexity index is 683. The van der Waals surface area contributed by atoms with Crippen LogP contribution in [0.15, 0.2) is 24.3 Å². The first kappa shape index (κ1) is 15.3. The maximum Gasteiger partial charge on any atom is 0.338 e. The Labute approximate surface area is 127 Å². The molecule has 0 bridgehead atoms. The number of carbonyl (C=O) groups is 2. The zero-order valence-electron chi connectivity index (χ0n) is 12.2. The number of anilines is 1. The van der Waals surface area contributed by atoms with E-state index in [4.69, 9.17) is 0 Å². The Hall–Kier alpha value is -2.14. The van der Waals surface area contributed by atoms with E-state index < -0.39 is 5.97 Å². The lowest BCUT2D eigenvalue weighted by atomic mass is 10.0. The molecule has 2 aromatic rings. The van der Waals surface area contributed by atoms with Crippen LogP contribution in [-0.2, 0) is 6.42 Å². The maximum absolute atomic E-state index is 12.4. The number of thiophene rings is 1. The molecule has 1 aromatic heterocycles. The molecule has 110 valence electrons. The Balaban J connectivity index is 2.36. The zero-order chi connectivity index (χ0) is 15.6. The highest BCUT2D eigenvalue weighted by Gasteiger charge is 2.19. The second kappa shape index (κ2) is 6.10. The normalized spacial score (nSPS) is 10.4. The van der Waals surface area contributed by atoms with Crippen LogP contribution in [0.1, 0.15) is 43.6 Å². The number of amides is 1. The summed E-state index contributed by atoms with van der Waals surface area (Å²) in [5, 5.41) is 12.4. The van der Waals surface area contributed by atoms with Crippen molar-refractivity contribution in [1.29, 1.82) is 0 Å². The smallest absolute Gasteiger partial charge is 0.338 e. The van der Waals surface area contributed by atoms with Crippen molar-refractivity contribution < 1.29 is 14.7 Å². The van der Waals surface area contributed by atoms with E-state index in [0.717, 1.165) is 22.4 Å². The van der Waals surface area contributed by atoms with Crippen LogP contribution >= 0.6 is 11.3 Å². The fraction of sp³-hybridized carbons (Fsp3) is 0.250. The third-order valence-corrected chi connectivity index (χ3v) is 4.49. The highest BCUT2D eigenvalue weighted by atomic mass is 32.1. The van der Waals surface area contributed by atoms with E-state index in [9.17, 15) is 14.7 Å². The first-order valence-corrected chi connectivity index (χ1v) is 7.49. The molecule has 0 atom stereocenters. The number of benzene rings is 1. The minimum atomic E-state index is -1.03. The van der Waals surface area contributed by atoms with E-state index >= 15 is 0 Å². The second-order valence-electron chi connectivity index (χ2n) is 4.84. The van der Waals surface area contributed by atoms with E-state index in [-0.39, 0.29) is 11.5 Å². The van der Waals surface area contributed by atoms with Gasteiger partial charge in [-0.15, -0.1) is 11.3 Å². The average molecular weight is 303 g/mol. The largest absolute Gasteiger partial charge is 0.478 e. The number of aromatic carboxylic acids is 1. The van der Waals surface area contributed by atoms with E-state index in [1.54, 1.807) is 6.07 Å². The number of carboxylic acid groups (broad SMARTS) is 1. The quantitative estimate of drug-likeness (QED) is 0.900. The van der Waals surface area contributed by atoms with E-state index in [0.29, 0.717) is 10.6 Å². The number of hydrogen-bond donors (Lipinski definition) is 2. The van der Waals surface area contributed by atoms with Gasteiger partial charge in [-0.3, -0.25) is 4.79 Å². The second-order valence-corrected chi connectivity index (χ2v) is 5.97. The van der Waals surface area contributed by atoms with Crippen LogP contribution in [0.4, 0.5) is 5.00 Å². The molecule has 4 nitrogen and oxygen atoms in total. The molecule has 0 fully saturated rings. The fourth-order valence-electron chi connectivity index (χ4n) is 2.21. The maximum atomic E-state index is 12.4. The van der Waals surface area contributed by atoms with Crippen molar-refractivity contribution >= 4 is 28.2 Å². The van der Waals surface area contributed by atoms with E-state index in [1.165, 1.54) is 11.3 Å². The van der Waals surface area contributed by atoms with Crippen LogP contribution in [-0.4, -0.2) is 17.0 Å². The van der Waals surface area contributed by atoms with Crippen LogP contribution in [0, 0.1) is 13.8 Å². The van der Waals surface area contributed by atoms with Gasteiger partial charge in [-0.05, 0) is 37.5 Å². The summed E-state index contributed by atoms with van der Waals surface area (Å²) >= 11 is 1.31. The highest BCUT2D eigenvalue weighted by molar-refractivity contribution is 7.16. The molecule has 0 saturated heterocycles. The number of nitrogens with one attached hydrogen (secondary N) is 1. The molecule has 1 aromatic carbocycles. The van der Waals surface area contributed by atoms with Crippen molar-refractivity contribution in [1.82, 2.24) is 0 Å². The molecule has 0 aliphatic carbocycles. The van der Waals surface area contributed by atoms with Crippen molar-refractivity contribution in [3.8, 4) is 0 Å². The molecule has 0 aliphatic rings. The summed E-state index contributed by atoms with van der Waals surface area (Å²) in [6.07, 6.45) is 0.740. The van der Waals surface area contributed by atoms with Gasteiger partial charge < -0.3 is 10.4 Å². The molecule has 0 unspecified atom stereocenters. The van der Waals surface area contributed by atoms with Crippen LogP contribution < -0.4 is 5.32 Å². The van der Waals surface area contributed by atoms with Gasteiger partial charge >= 0.3 is 5.97 Å². The Morgan fingerprint density at radius 3 is 2.38 bits per heavy atom. The first-order chi connectivity index (χ1) is 9.93. The van der Waals surface area contributed by atoms with Gasteiger partial charge in [-0.25, -0.2) is 4.79 Å². The van der Waals surface area contributed by atoms with Gasteiger partial charge in [0, 0.05) is 10.4 Å². The van der Waals surface area contributed by atoms with Gasteiger partial charge in [0.2, 0.25) is 0 Å². The SMILES string of the molecule is CCc1cc(C(=O)O)c(NC(=O)c2c(C)cccc2C)s1. The third-order valence-electron chi connectivity index (χ3n) is 3.30. The summed E-state index contributed by atoms with van der Waals surface area (Å²) in [6.45, 7) is 5.69. The molecular weight excluding hydrogens is 286 g/mol. The number of aryl methyl sites for hydroxylation is 3. The lowest BCUT2D eigenvalue weighted by Crippen LogP contribution is -2.15. The Kier molecular flexibility index (Phi) is 4.43. The third kappa shape index (κ3) is 3.13. The summed E-state index contributed by atoms with van der Waals surface area (Å²) < 4.78 is 0. The summed E-state index contributed by atoms with van der Waals surface area (Å²) in [7, 11) is 0. The predicted octanol–water partition coefficient (Wildman–Crippen LogP) is 3.88. The zero-order valence-corrected chi connectivity index (χ0v) is 13.0. The van der Waals surface area contributed by atoms with Crippen LogP contribution in [0.25, 0.3) is 0 Å². The summed E-state index contributed by atoms with van der Waals surface area (Å²) in [6, 6.07) is 7.25. The molecular formula is C16H17NO3S. The van der Waals surface area contributed by atoms with Crippen molar-refractivity contribution in [3.05, 3.63) is 51.4 Å². The average Bonchev–Trinajstić information content (AvgIpc) is 2.81. The number of carboxylic acids is 1. The van der Waals surface area contributed by atoms with Gasteiger partial charge in [-0.2, -0.15) is 0 Å². The molecule has 1 amide bonds. The topological polar surface area (TPSA) is 66.4 Å². The molecule has 1 heterocycles. The van der Waals surface area contributed by atoms with Gasteiger partial charge in [0.15, 0.2) is 0 Å². The lowest BCUT2D eigenvalue weighted by molar-refractivity contribution is 0.0698. The van der Waals surface area contributed by atoms with Crippen LogP contribution in [0.5, 0.6) is 0 Å². The number of rotatable bonds is 4. The van der Waals surface area contributed by atoms with Gasteiger partial charge in [0.1, 0.15) is 5.00 Å². The molecule has 0 radical (unpaired) electrons. The van der Waals surface area contributed by atoms with Crippen LogP contribution in [0.3, 0.4) is 0 Å². The summed E-state index contributed by atoms with van der Waals surface area (Å²) in [5.74, 6) is -1.29. The van der Waals surface area contributed by atoms with Crippen LogP contribution in [0.2, 0.25) is 0 Å². The molecule has 0 aliphatic heterocycles. The minimum absolute atomic E-state index is 0.149.